The molecule has 2 aromatic carbocycles. The Morgan fingerprint density at radius 3 is 2.67 bits per heavy atom. The molecule has 1 heterocycles. The number of phenolic OH excluding ortho intramolecular Hbond substituents is 1. The van der Waals surface area contributed by atoms with Gasteiger partial charge in [-0.2, -0.15) is 0 Å². The van der Waals surface area contributed by atoms with E-state index >= 15 is 0 Å². The normalized spacial score (nSPS) is 10.5. The number of benzene rings is 2. The highest BCUT2D eigenvalue weighted by Crippen LogP contribution is 2.32. The second-order valence-corrected chi connectivity index (χ2v) is 4.40. The minimum absolute atomic E-state index is 0.0143. The third-order valence-electron chi connectivity index (χ3n) is 3.03. The number of hydrogen-bond acceptors (Lipinski definition) is 5. The first-order valence-electron chi connectivity index (χ1n) is 6.15. The average Bonchev–Trinajstić information content (AvgIpc) is 2.97. The van der Waals surface area contributed by atoms with Crippen molar-refractivity contribution in [1.29, 1.82) is 0 Å². The van der Waals surface area contributed by atoms with Crippen molar-refractivity contribution >= 4 is 5.69 Å². The smallest absolute Gasteiger partial charge is 0.270 e. The summed E-state index contributed by atoms with van der Waals surface area (Å²) >= 11 is 0. The van der Waals surface area contributed by atoms with E-state index in [2.05, 4.69) is 5.16 Å². The number of aromatic hydroxyl groups is 1. The van der Waals surface area contributed by atoms with Gasteiger partial charge in [0.25, 0.3) is 5.69 Å². The van der Waals surface area contributed by atoms with Gasteiger partial charge in [-0.3, -0.25) is 10.1 Å². The Balaban J connectivity index is 2.01. The molecule has 0 amide bonds. The number of para-hydroxylation sites is 1. The van der Waals surface area contributed by atoms with Gasteiger partial charge >= 0.3 is 0 Å². The predicted molar refractivity (Wildman–Crippen MR) is 75.7 cm³/mol. The van der Waals surface area contributed by atoms with Crippen LogP contribution in [0, 0.1) is 10.1 Å². The first-order valence-corrected chi connectivity index (χ1v) is 6.15. The van der Waals surface area contributed by atoms with Gasteiger partial charge in [-0.25, -0.2) is 0 Å². The maximum Gasteiger partial charge on any atom is 0.270 e. The molecule has 0 aliphatic heterocycles. The van der Waals surface area contributed by atoms with Crippen LogP contribution in [0.25, 0.3) is 22.6 Å². The molecular formula is C15H10N2O4. The van der Waals surface area contributed by atoms with Crippen molar-refractivity contribution < 1.29 is 14.6 Å². The zero-order chi connectivity index (χ0) is 14.8. The highest BCUT2D eigenvalue weighted by Gasteiger charge is 2.13. The fourth-order valence-corrected chi connectivity index (χ4v) is 2.00. The molecule has 0 unspecified atom stereocenters. The second-order valence-electron chi connectivity index (χ2n) is 4.40. The molecule has 0 saturated carbocycles. The SMILES string of the molecule is O=[N+]([O-])c1cccc(-c2cc(-c3ccccc3O)on2)c1. The maximum atomic E-state index is 10.8. The van der Waals surface area contributed by atoms with Gasteiger partial charge in [0, 0.05) is 23.8 Å². The van der Waals surface area contributed by atoms with Gasteiger partial charge in [0.1, 0.15) is 11.4 Å². The number of nitrogens with zero attached hydrogens (tertiary/aromatic N) is 2. The van der Waals surface area contributed by atoms with Crippen LogP contribution in [0.15, 0.2) is 59.1 Å². The summed E-state index contributed by atoms with van der Waals surface area (Å²) < 4.78 is 5.21. The van der Waals surface area contributed by atoms with E-state index in [-0.39, 0.29) is 11.4 Å². The topological polar surface area (TPSA) is 89.4 Å². The average molecular weight is 282 g/mol. The lowest BCUT2D eigenvalue weighted by atomic mass is 10.1. The molecule has 0 aliphatic rings. The maximum absolute atomic E-state index is 10.8. The van der Waals surface area contributed by atoms with E-state index in [1.54, 1.807) is 42.5 Å². The van der Waals surface area contributed by atoms with Gasteiger partial charge in [0.15, 0.2) is 5.76 Å². The molecule has 1 N–H and O–H groups in total. The van der Waals surface area contributed by atoms with Crippen LogP contribution >= 0.6 is 0 Å². The summed E-state index contributed by atoms with van der Waals surface area (Å²) in [5, 5.41) is 24.5. The molecular weight excluding hydrogens is 272 g/mol. The summed E-state index contributed by atoms with van der Waals surface area (Å²) in [6, 6.07) is 14.5. The van der Waals surface area contributed by atoms with Crippen molar-refractivity contribution in [2.75, 3.05) is 0 Å². The Morgan fingerprint density at radius 2 is 1.90 bits per heavy atom. The van der Waals surface area contributed by atoms with E-state index in [9.17, 15) is 15.2 Å². The Hall–Kier alpha value is -3.15. The third kappa shape index (κ3) is 2.46. The molecule has 104 valence electrons. The second kappa shape index (κ2) is 5.09. The lowest BCUT2D eigenvalue weighted by Gasteiger charge is -1.97. The summed E-state index contributed by atoms with van der Waals surface area (Å²) in [6.45, 7) is 0. The number of rotatable bonds is 3. The van der Waals surface area contributed by atoms with E-state index in [4.69, 9.17) is 4.52 Å². The first kappa shape index (κ1) is 12.9. The van der Waals surface area contributed by atoms with Gasteiger partial charge in [0.2, 0.25) is 0 Å². The number of non-ortho nitro benzene ring substituents is 1. The van der Waals surface area contributed by atoms with Crippen LogP contribution < -0.4 is 0 Å². The van der Waals surface area contributed by atoms with Crippen LogP contribution in [0.3, 0.4) is 0 Å². The van der Waals surface area contributed by atoms with Crippen molar-refractivity contribution in [3.63, 3.8) is 0 Å². The van der Waals surface area contributed by atoms with Crippen LogP contribution in [0.5, 0.6) is 5.75 Å². The summed E-state index contributed by atoms with van der Waals surface area (Å²) in [5.41, 5.74) is 1.55. The van der Waals surface area contributed by atoms with Crippen molar-refractivity contribution in [3.05, 3.63) is 64.7 Å². The van der Waals surface area contributed by atoms with E-state index in [0.29, 0.717) is 22.6 Å². The summed E-state index contributed by atoms with van der Waals surface area (Å²) in [4.78, 5) is 10.3. The summed E-state index contributed by atoms with van der Waals surface area (Å²) in [7, 11) is 0. The van der Waals surface area contributed by atoms with Gasteiger partial charge < -0.3 is 9.63 Å². The number of hydrogen-bond donors (Lipinski definition) is 1. The van der Waals surface area contributed by atoms with E-state index < -0.39 is 4.92 Å². The number of phenols is 1. The van der Waals surface area contributed by atoms with Gasteiger partial charge in [0.05, 0.1) is 10.5 Å². The van der Waals surface area contributed by atoms with Crippen LogP contribution in [-0.2, 0) is 0 Å². The molecule has 1 aromatic heterocycles. The highest BCUT2D eigenvalue weighted by molar-refractivity contribution is 5.71. The summed E-state index contributed by atoms with van der Waals surface area (Å²) in [6.07, 6.45) is 0. The van der Waals surface area contributed by atoms with Gasteiger partial charge in [-0.1, -0.05) is 29.4 Å². The molecule has 0 radical (unpaired) electrons. The lowest BCUT2D eigenvalue weighted by molar-refractivity contribution is -0.384. The van der Waals surface area contributed by atoms with Crippen LogP contribution in [-0.4, -0.2) is 15.2 Å². The fraction of sp³-hybridized carbons (Fsp3) is 0. The molecule has 0 aliphatic carbocycles. The molecule has 6 heteroatoms. The van der Waals surface area contributed by atoms with E-state index in [1.165, 1.54) is 12.1 Å². The Morgan fingerprint density at radius 1 is 1.10 bits per heavy atom. The van der Waals surface area contributed by atoms with Gasteiger partial charge in [-0.15, -0.1) is 0 Å². The van der Waals surface area contributed by atoms with Crippen molar-refractivity contribution in [1.82, 2.24) is 5.16 Å². The molecule has 0 fully saturated rings. The van der Waals surface area contributed by atoms with Crippen molar-refractivity contribution in [2.24, 2.45) is 0 Å². The molecule has 0 saturated heterocycles. The lowest BCUT2D eigenvalue weighted by Crippen LogP contribution is -1.87. The quantitative estimate of drug-likeness (QED) is 0.585. The van der Waals surface area contributed by atoms with E-state index in [0.717, 1.165) is 0 Å². The third-order valence-corrected chi connectivity index (χ3v) is 3.03. The summed E-state index contributed by atoms with van der Waals surface area (Å²) in [5.74, 6) is 0.480. The first-order chi connectivity index (χ1) is 10.1. The highest BCUT2D eigenvalue weighted by atomic mass is 16.6. The molecule has 0 atom stereocenters. The molecule has 0 bridgehead atoms. The Labute approximate surface area is 119 Å². The molecule has 0 spiro atoms. The largest absolute Gasteiger partial charge is 0.507 e. The molecule has 3 rings (SSSR count). The minimum Gasteiger partial charge on any atom is -0.507 e. The Bertz CT molecular complexity index is 811. The number of aromatic nitrogens is 1. The fourth-order valence-electron chi connectivity index (χ4n) is 2.00. The standard InChI is InChI=1S/C15H10N2O4/c18-14-7-2-1-6-12(14)15-9-13(16-21-15)10-4-3-5-11(8-10)17(19)20/h1-9,18H. The zero-order valence-electron chi connectivity index (χ0n) is 10.8. The van der Waals surface area contributed by atoms with Crippen molar-refractivity contribution in [2.45, 2.75) is 0 Å². The van der Waals surface area contributed by atoms with Crippen LogP contribution in [0.2, 0.25) is 0 Å². The van der Waals surface area contributed by atoms with Gasteiger partial charge in [-0.05, 0) is 12.1 Å². The Kier molecular flexibility index (Phi) is 3.12. The molecule has 6 nitrogen and oxygen atoms in total. The van der Waals surface area contributed by atoms with E-state index in [1.807, 2.05) is 0 Å². The number of nitro groups is 1. The molecule has 3 aromatic rings. The predicted octanol–water partition coefficient (Wildman–Crippen LogP) is 3.62. The number of nitro benzene ring substituents is 1. The molecule has 21 heavy (non-hydrogen) atoms. The zero-order valence-corrected chi connectivity index (χ0v) is 10.8. The van der Waals surface area contributed by atoms with Crippen LogP contribution in [0.1, 0.15) is 0 Å². The minimum atomic E-state index is -0.465. The van der Waals surface area contributed by atoms with Crippen molar-refractivity contribution in [3.8, 4) is 28.3 Å². The monoisotopic (exact) mass is 282 g/mol. The van der Waals surface area contributed by atoms with Crippen LogP contribution in [0.4, 0.5) is 5.69 Å².